The molecule has 0 radical (unpaired) electrons. The second kappa shape index (κ2) is 8.20. The minimum atomic E-state index is -0.102. The van der Waals surface area contributed by atoms with Crippen molar-refractivity contribution < 1.29 is 9.53 Å². The molecule has 0 aliphatic carbocycles. The molecule has 4 nitrogen and oxygen atoms in total. The first-order valence-corrected chi connectivity index (χ1v) is 7.95. The zero-order valence-corrected chi connectivity index (χ0v) is 14.5. The van der Waals surface area contributed by atoms with Crippen LogP contribution in [0.15, 0.2) is 49.1 Å². The van der Waals surface area contributed by atoms with E-state index < -0.39 is 0 Å². The predicted octanol–water partition coefficient (Wildman–Crippen LogP) is 4.23. The van der Waals surface area contributed by atoms with Crippen molar-refractivity contribution in [1.82, 2.24) is 0 Å². The molecule has 0 unspecified atom stereocenters. The minimum absolute atomic E-state index is 0.102. The van der Waals surface area contributed by atoms with E-state index in [0.29, 0.717) is 18.0 Å². The lowest BCUT2D eigenvalue weighted by molar-refractivity contribution is -0.114. The Balaban J connectivity index is 1.95. The number of carbonyl (C=O) groups is 1. The monoisotopic (exact) mass is 324 g/mol. The molecule has 0 aliphatic heterocycles. The van der Waals surface area contributed by atoms with Gasteiger partial charge in [0.25, 0.3) is 0 Å². The van der Waals surface area contributed by atoms with Crippen molar-refractivity contribution in [2.45, 2.75) is 20.8 Å². The van der Waals surface area contributed by atoms with Crippen molar-refractivity contribution in [3.8, 4) is 5.75 Å². The fraction of sp³-hybridized carbons (Fsp3) is 0.250. The summed E-state index contributed by atoms with van der Waals surface area (Å²) in [6.07, 6.45) is 1.68. The van der Waals surface area contributed by atoms with Gasteiger partial charge in [-0.15, -0.1) is 0 Å². The summed E-state index contributed by atoms with van der Waals surface area (Å²) in [6, 6.07) is 11.5. The maximum absolute atomic E-state index is 12.2. The van der Waals surface area contributed by atoms with Gasteiger partial charge in [-0.2, -0.15) is 0 Å². The molecule has 0 aliphatic rings. The second-order valence-electron chi connectivity index (χ2n) is 5.80. The highest BCUT2D eigenvalue weighted by Crippen LogP contribution is 2.22. The van der Waals surface area contributed by atoms with E-state index in [1.54, 1.807) is 12.1 Å². The van der Waals surface area contributed by atoms with Gasteiger partial charge in [0, 0.05) is 17.4 Å². The van der Waals surface area contributed by atoms with Crippen molar-refractivity contribution in [2.24, 2.45) is 0 Å². The molecule has 0 heterocycles. The summed E-state index contributed by atoms with van der Waals surface area (Å²) < 4.78 is 5.46. The molecule has 2 rings (SSSR count). The van der Waals surface area contributed by atoms with Gasteiger partial charge in [-0.05, 0) is 44.0 Å². The molecule has 2 aromatic rings. The quantitative estimate of drug-likeness (QED) is 0.750. The van der Waals surface area contributed by atoms with Crippen LogP contribution in [0.2, 0.25) is 0 Å². The van der Waals surface area contributed by atoms with E-state index >= 15 is 0 Å². The Morgan fingerprint density at radius 1 is 1.17 bits per heavy atom. The molecule has 2 N–H and O–H groups in total. The number of amides is 1. The molecular formula is C20H24N2O2. The van der Waals surface area contributed by atoms with Gasteiger partial charge in [0.1, 0.15) is 12.4 Å². The molecule has 0 fully saturated rings. The third-order valence-corrected chi connectivity index (χ3v) is 3.59. The van der Waals surface area contributed by atoms with E-state index in [9.17, 15) is 4.79 Å². The summed E-state index contributed by atoms with van der Waals surface area (Å²) in [5, 5.41) is 6.09. The molecule has 2 aromatic carbocycles. The maximum atomic E-state index is 12.2. The average molecular weight is 324 g/mol. The highest BCUT2D eigenvalue weighted by Gasteiger charge is 2.07. The molecule has 0 atom stereocenters. The molecule has 0 saturated heterocycles. The molecule has 126 valence electrons. The molecule has 0 spiro atoms. The fourth-order valence-electron chi connectivity index (χ4n) is 2.65. The molecule has 0 aromatic heterocycles. The number of aryl methyl sites for hydroxylation is 3. The van der Waals surface area contributed by atoms with E-state index in [-0.39, 0.29) is 12.5 Å². The van der Waals surface area contributed by atoms with Crippen LogP contribution in [0.1, 0.15) is 16.7 Å². The molecular weight excluding hydrogens is 300 g/mol. The Morgan fingerprint density at radius 2 is 1.88 bits per heavy atom. The minimum Gasteiger partial charge on any atom is -0.489 e. The summed E-state index contributed by atoms with van der Waals surface area (Å²) in [4.78, 5) is 12.2. The molecule has 0 bridgehead atoms. The summed E-state index contributed by atoms with van der Waals surface area (Å²) in [7, 11) is 0. The number of nitrogens with one attached hydrogen (secondary N) is 2. The van der Waals surface area contributed by atoms with Crippen LogP contribution in [0.4, 0.5) is 11.4 Å². The number of anilines is 2. The lowest BCUT2D eigenvalue weighted by Crippen LogP contribution is -2.22. The molecule has 0 saturated carbocycles. The van der Waals surface area contributed by atoms with Gasteiger partial charge in [0.2, 0.25) is 5.91 Å². The third kappa shape index (κ3) is 4.88. The van der Waals surface area contributed by atoms with Gasteiger partial charge in [-0.25, -0.2) is 0 Å². The Kier molecular flexibility index (Phi) is 6.01. The summed E-state index contributed by atoms with van der Waals surface area (Å²) in [5.41, 5.74) is 5.22. The largest absolute Gasteiger partial charge is 0.489 e. The SMILES string of the molecule is C=CCOc1cccc(NC(=O)CNc2c(C)cc(C)cc2C)c1. The van der Waals surface area contributed by atoms with Crippen LogP contribution in [-0.2, 0) is 4.79 Å². The maximum Gasteiger partial charge on any atom is 0.243 e. The van der Waals surface area contributed by atoms with Crippen molar-refractivity contribution in [3.63, 3.8) is 0 Å². The van der Waals surface area contributed by atoms with Crippen LogP contribution < -0.4 is 15.4 Å². The fourth-order valence-corrected chi connectivity index (χ4v) is 2.65. The van der Waals surface area contributed by atoms with Gasteiger partial charge in [-0.1, -0.05) is 36.4 Å². The predicted molar refractivity (Wildman–Crippen MR) is 99.9 cm³/mol. The van der Waals surface area contributed by atoms with Crippen molar-refractivity contribution in [1.29, 1.82) is 0 Å². The topological polar surface area (TPSA) is 50.4 Å². The van der Waals surface area contributed by atoms with E-state index in [1.807, 2.05) is 32.0 Å². The number of hydrogen-bond donors (Lipinski definition) is 2. The van der Waals surface area contributed by atoms with E-state index in [1.165, 1.54) is 5.56 Å². The Labute approximate surface area is 143 Å². The zero-order valence-electron chi connectivity index (χ0n) is 14.5. The van der Waals surface area contributed by atoms with Crippen LogP contribution in [-0.4, -0.2) is 19.1 Å². The summed E-state index contributed by atoms with van der Waals surface area (Å²) in [6.45, 7) is 10.4. The number of hydrogen-bond acceptors (Lipinski definition) is 3. The van der Waals surface area contributed by atoms with Crippen molar-refractivity contribution >= 4 is 17.3 Å². The van der Waals surface area contributed by atoms with Crippen LogP contribution in [0.25, 0.3) is 0 Å². The standard InChI is InChI=1S/C20H24N2O2/c1-5-9-24-18-8-6-7-17(12-18)22-19(23)13-21-20-15(3)10-14(2)11-16(20)4/h5-8,10-12,21H,1,9,13H2,2-4H3,(H,22,23). The third-order valence-electron chi connectivity index (χ3n) is 3.59. The van der Waals surface area contributed by atoms with Gasteiger partial charge < -0.3 is 15.4 Å². The lowest BCUT2D eigenvalue weighted by atomic mass is 10.1. The summed E-state index contributed by atoms with van der Waals surface area (Å²) in [5.74, 6) is 0.598. The molecule has 4 heteroatoms. The second-order valence-corrected chi connectivity index (χ2v) is 5.80. The normalized spacial score (nSPS) is 10.1. The molecule has 1 amide bonds. The van der Waals surface area contributed by atoms with Crippen LogP contribution >= 0.6 is 0 Å². The van der Waals surface area contributed by atoms with Gasteiger partial charge in [0.15, 0.2) is 0 Å². The Hall–Kier alpha value is -2.75. The van der Waals surface area contributed by atoms with Gasteiger partial charge in [0.05, 0.1) is 6.54 Å². The van der Waals surface area contributed by atoms with Crippen LogP contribution in [0.3, 0.4) is 0 Å². The lowest BCUT2D eigenvalue weighted by Gasteiger charge is -2.14. The number of benzene rings is 2. The number of ether oxygens (including phenoxy) is 1. The van der Waals surface area contributed by atoms with Gasteiger partial charge >= 0.3 is 0 Å². The van der Waals surface area contributed by atoms with E-state index in [2.05, 4.69) is 36.3 Å². The summed E-state index contributed by atoms with van der Waals surface area (Å²) >= 11 is 0. The highest BCUT2D eigenvalue weighted by atomic mass is 16.5. The highest BCUT2D eigenvalue weighted by molar-refractivity contribution is 5.94. The molecule has 24 heavy (non-hydrogen) atoms. The Morgan fingerprint density at radius 3 is 2.54 bits per heavy atom. The van der Waals surface area contributed by atoms with E-state index in [4.69, 9.17) is 4.74 Å². The van der Waals surface area contributed by atoms with Gasteiger partial charge in [-0.3, -0.25) is 4.79 Å². The smallest absolute Gasteiger partial charge is 0.243 e. The zero-order chi connectivity index (χ0) is 17.5. The van der Waals surface area contributed by atoms with Crippen LogP contribution in [0, 0.1) is 20.8 Å². The van der Waals surface area contributed by atoms with E-state index in [0.717, 1.165) is 16.8 Å². The average Bonchev–Trinajstić information content (AvgIpc) is 2.52. The Bertz CT molecular complexity index is 715. The number of rotatable bonds is 7. The first kappa shape index (κ1) is 17.6. The van der Waals surface area contributed by atoms with Crippen molar-refractivity contribution in [2.75, 3.05) is 23.8 Å². The van der Waals surface area contributed by atoms with Crippen LogP contribution in [0.5, 0.6) is 5.75 Å². The van der Waals surface area contributed by atoms with Crippen molar-refractivity contribution in [3.05, 3.63) is 65.7 Å². The number of carbonyl (C=O) groups excluding carboxylic acids is 1. The first-order valence-electron chi connectivity index (χ1n) is 7.95. The first-order chi connectivity index (χ1) is 11.5.